The normalized spacial score (nSPS) is 10.3. The molecule has 1 aromatic heterocycles. The summed E-state index contributed by atoms with van der Waals surface area (Å²) >= 11 is 9.00. The van der Waals surface area contributed by atoms with Gasteiger partial charge in [0.2, 0.25) is 5.88 Å². The molecule has 19 heavy (non-hydrogen) atoms. The lowest BCUT2D eigenvalue weighted by atomic mass is 10.3. The van der Waals surface area contributed by atoms with Gasteiger partial charge in [-0.25, -0.2) is 14.2 Å². The molecule has 0 aliphatic rings. The number of aromatic nitrogens is 1. The molecule has 0 aliphatic heterocycles. The van der Waals surface area contributed by atoms with Crippen LogP contribution in [-0.4, -0.2) is 16.1 Å². The second-order valence-electron chi connectivity index (χ2n) is 3.49. The van der Waals surface area contributed by atoms with E-state index < -0.39 is 11.8 Å². The highest BCUT2D eigenvalue weighted by molar-refractivity contribution is 9.10. The standard InChI is InChI=1S/C12H6BrClFNO3/c13-8-4-7(15)1-2-10(8)19-11-9(14)3-6(5-16-11)12(17)18/h1-5H,(H,17,18). The minimum Gasteiger partial charge on any atom is -0.478 e. The summed E-state index contributed by atoms with van der Waals surface area (Å²) in [5.74, 6) is -1.19. The number of benzene rings is 1. The highest BCUT2D eigenvalue weighted by atomic mass is 79.9. The van der Waals surface area contributed by atoms with Crippen LogP contribution in [0.25, 0.3) is 0 Å². The molecule has 1 heterocycles. The van der Waals surface area contributed by atoms with E-state index in [4.69, 9.17) is 21.4 Å². The van der Waals surface area contributed by atoms with Gasteiger partial charge in [-0.1, -0.05) is 11.6 Å². The Hall–Kier alpha value is -1.66. The van der Waals surface area contributed by atoms with E-state index in [2.05, 4.69) is 20.9 Å². The molecule has 7 heteroatoms. The largest absolute Gasteiger partial charge is 0.478 e. The molecule has 0 radical (unpaired) electrons. The van der Waals surface area contributed by atoms with E-state index in [0.717, 1.165) is 6.20 Å². The number of nitrogens with zero attached hydrogens (tertiary/aromatic N) is 1. The van der Waals surface area contributed by atoms with E-state index in [1.54, 1.807) is 0 Å². The van der Waals surface area contributed by atoms with Crippen molar-refractivity contribution in [2.45, 2.75) is 0 Å². The van der Waals surface area contributed by atoms with Crippen molar-refractivity contribution >= 4 is 33.5 Å². The van der Waals surface area contributed by atoms with Crippen LogP contribution < -0.4 is 4.74 Å². The quantitative estimate of drug-likeness (QED) is 0.908. The zero-order chi connectivity index (χ0) is 14.0. The molecule has 98 valence electrons. The second kappa shape index (κ2) is 5.54. The number of halogens is 3. The Kier molecular flexibility index (Phi) is 4.01. The zero-order valence-electron chi connectivity index (χ0n) is 9.23. The summed E-state index contributed by atoms with van der Waals surface area (Å²) in [6.45, 7) is 0. The zero-order valence-corrected chi connectivity index (χ0v) is 11.6. The van der Waals surface area contributed by atoms with E-state index in [1.807, 2.05) is 0 Å². The first-order valence-electron chi connectivity index (χ1n) is 4.99. The molecular weight excluding hydrogens is 340 g/mol. The highest BCUT2D eigenvalue weighted by Gasteiger charge is 2.12. The molecule has 0 saturated heterocycles. The van der Waals surface area contributed by atoms with Crippen LogP contribution >= 0.6 is 27.5 Å². The number of rotatable bonds is 3. The molecule has 1 N–H and O–H groups in total. The Morgan fingerprint density at radius 1 is 1.42 bits per heavy atom. The molecule has 0 bridgehead atoms. The summed E-state index contributed by atoms with van der Waals surface area (Å²) in [5, 5.41) is 8.83. The Labute approximate surface area is 120 Å². The summed E-state index contributed by atoms with van der Waals surface area (Å²) in [6, 6.07) is 5.08. The third-order valence-electron chi connectivity index (χ3n) is 2.15. The van der Waals surface area contributed by atoms with Crippen molar-refractivity contribution in [3.8, 4) is 11.6 Å². The topological polar surface area (TPSA) is 59.4 Å². The molecule has 0 saturated carbocycles. The number of carboxylic acid groups (broad SMARTS) is 1. The summed E-state index contributed by atoms with van der Waals surface area (Å²) < 4.78 is 18.7. The lowest BCUT2D eigenvalue weighted by Gasteiger charge is -2.08. The number of aromatic carboxylic acids is 1. The summed E-state index contributed by atoms with van der Waals surface area (Å²) in [5.41, 5.74) is -0.0458. The van der Waals surface area contributed by atoms with E-state index in [-0.39, 0.29) is 16.5 Å². The summed E-state index contributed by atoms with van der Waals surface area (Å²) in [4.78, 5) is 14.5. The molecular formula is C12H6BrClFNO3. The van der Waals surface area contributed by atoms with Gasteiger partial charge in [0.15, 0.2) is 0 Å². The fourth-order valence-corrected chi connectivity index (χ4v) is 1.92. The van der Waals surface area contributed by atoms with Gasteiger partial charge in [0.05, 0.1) is 10.0 Å². The van der Waals surface area contributed by atoms with Gasteiger partial charge < -0.3 is 9.84 Å². The monoisotopic (exact) mass is 345 g/mol. The molecule has 1 aromatic carbocycles. The fraction of sp³-hybridized carbons (Fsp3) is 0. The van der Waals surface area contributed by atoms with E-state index in [1.165, 1.54) is 24.3 Å². The maximum absolute atomic E-state index is 12.9. The SMILES string of the molecule is O=C(O)c1cnc(Oc2ccc(F)cc2Br)c(Cl)c1. The molecule has 2 rings (SSSR count). The fourth-order valence-electron chi connectivity index (χ4n) is 1.28. The predicted molar refractivity (Wildman–Crippen MR) is 70.4 cm³/mol. The van der Waals surface area contributed by atoms with Crippen LogP contribution in [0.4, 0.5) is 4.39 Å². The van der Waals surface area contributed by atoms with Crippen LogP contribution in [0.2, 0.25) is 5.02 Å². The Bertz CT molecular complexity index is 651. The van der Waals surface area contributed by atoms with Gasteiger partial charge in [0, 0.05) is 6.20 Å². The number of carbonyl (C=O) groups is 1. The summed E-state index contributed by atoms with van der Waals surface area (Å²) in [7, 11) is 0. The Morgan fingerprint density at radius 3 is 2.74 bits per heavy atom. The highest BCUT2D eigenvalue weighted by Crippen LogP contribution is 2.32. The van der Waals surface area contributed by atoms with Gasteiger partial charge in [-0.3, -0.25) is 0 Å². The van der Waals surface area contributed by atoms with E-state index in [9.17, 15) is 9.18 Å². The first-order chi connectivity index (χ1) is 8.97. The molecule has 4 nitrogen and oxygen atoms in total. The van der Waals surface area contributed by atoms with Crippen LogP contribution in [0.1, 0.15) is 10.4 Å². The van der Waals surface area contributed by atoms with Gasteiger partial charge in [-0.2, -0.15) is 0 Å². The van der Waals surface area contributed by atoms with Crippen molar-refractivity contribution < 1.29 is 19.0 Å². The van der Waals surface area contributed by atoms with Gasteiger partial charge in [-0.15, -0.1) is 0 Å². The minimum absolute atomic E-state index is 0.0407. The third-order valence-corrected chi connectivity index (χ3v) is 3.05. The van der Waals surface area contributed by atoms with E-state index in [0.29, 0.717) is 10.2 Å². The van der Waals surface area contributed by atoms with Crippen LogP contribution in [-0.2, 0) is 0 Å². The van der Waals surface area contributed by atoms with E-state index >= 15 is 0 Å². The molecule has 0 unspecified atom stereocenters. The first kappa shape index (κ1) is 13.8. The minimum atomic E-state index is -1.14. The number of hydrogen-bond donors (Lipinski definition) is 1. The Morgan fingerprint density at radius 2 is 2.16 bits per heavy atom. The van der Waals surface area contributed by atoms with Crippen LogP contribution in [0.5, 0.6) is 11.6 Å². The second-order valence-corrected chi connectivity index (χ2v) is 4.75. The number of hydrogen-bond acceptors (Lipinski definition) is 3. The number of carboxylic acids is 1. The van der Waals surface area contributed by atoms with Crippen molar-refractivity contribution in [2.75, 3.05) is 0 Å². The van der Waals surface area contributed by atoms with Crippen LogP contribution in [0.3, 0.4) is 0 Å². The van der Waals surface area contributed by atoms with Crippen molar-refractivity contribution in [3.63, 3.8) is 0 Å². The molecule has 0 spiro atoms. The lowest BCUT2D eigenvalue weighted by molar-refractivity contribution is 0.0696. The molecule has 2 aromatic rings. The maximum Gasteiger partial charge on any atom is 0.337 e. The third kappa shape index (κ3) is 3.21. The van der Waals surface area contributed by atoms with Crippen LogP contribution in [0.15, 0.2) is 34.9 Å². The van der Waals surface area contributed by atoms with Crippen molar-refractivity contribution in [1.29, 1.82) is 0 Å². The number of ether oxygens (including phenoxy) is 1. The van der Waals surface area contributed by atoms with Crippen molar-refractivity contribution in [2.24, 2.45) is 0 Å². The Balaban J connectivity index is 2.31. The van der Waals surface area contributed by atoms with Gasteiger partial charge in [0.1, 0.15) is 16.6 Å². The summed E-state index contributed by atoms with van der Waals surface area (Å²) in [6.07, 6.45) is 1.13. The molecule has 0 fully saturated rings. The van der Waals surface area contributed by atoms with Crippen LogP contribution in [0, 0.1) is 5.82 Å². The number of pyridine rings is 1. The predicted octanol–water partition coefficient (Wildman–Crippen LogP) is 4.13. The molecule has 0 atom stereocenters. The maximum atomic E-state index is 12.9. The molecule has 0 aliphatic carbocycles. The molecule has 0 amide bonds. The van der Waals surface area contributed by atoms with Crippen molar-refractivity contribution in [3.05, 3.63) is 51.3 Å². The lowest BCUT2D eigenvalue weighted by Crippen LogP contribution is -1.98. The average Bonchev–Trinajstić information content (AvgIpc) is 2.34. The van der Waals surface area contributed by atoms with Gasteiger partial charge in [0.25, 0.3) is 0 Å². The van der Waals surface area contributed by atoms with Gasteiger partial charge >= 0.3 is 5.97 Å². The average molecular weight is 347 g/mol. The first-order valence-corrected chi connectivity index (χ1v) is 6.16. The smallest absolute Gasteiger partial charge is 0.337 e. The van der Waals surface area contributed by atoms with Gasteiger partial charge in [-0.05, 0) is 40.2 Å². The van der Waals surface area contributed by atoms with Crippen molar-refractivity contribution in [1.82, 2.24) is 4.98 Å².